The van der Waals surface area contributed by atoms with E-state index in [0.717, 1.165) is 37.5 Å². The van der Waals surface area contributed by atoms with Gasteiger partial charge in [-0.3, -0.25) is 4.79 Å². The van der Waals surface area contributed by atoms with Crippen LogP contribution in [0.15, 0.2) is 42.5 Å². The maximum atomic E-state index is 12.1. The lowest BCUT2D eigenvalue weighted by Crippen LogP contribution is -2.11. The van der Waals surface area contributed by atoms with E-state index in [2.05, 4.69) is 5.32 Å². The van der Waals surface area contributed by atoms with Crippen molar-refractivity contribution in [3.63, 3.8) is 0 Å². The molecule has 0 aliphatic rings. The highest BCUT2D eigenvalue weighted by Gasteiger charge is 2.14. The minimum atomic E-state index is -3.52. The number of nitrogens with one attached hydrogen (secondary N) is 1. The van der Waals surface area contributed by atoms with Crippen LogP contribution in [-0.4, -0.2) is 34.3 Å². The minimum absolute atomic E-state index is 0.277. The third kappa shape index (κ3) is 7.94. The summed E-state index contributed by atoms with van der Waals surface area (Å²) in [7, 11) is -1.98. The average molecular weight is 436 g/mol. The van der Waals surface area contributed by atoms with E-state index in [0.29, 0.717) is 35.9 Å². The lowest BCUT2D eigenvalue weighted by atomic mass is 10.1. The van der Waals surface area contributed by atoms with Crippen LogP contribution in [0.5, 0.6) is 17.2 Å². The molecule has 0 amide bonds. The first-order valence-corrected chi connectivity index (χ1v) is 11.7. The average Bonchev–Trinajstić information content (AvgIpc) is 2.70. The molecule has 0 aromatic heterocycles. The summed E-state index contributed by atoms with van der Waals surface area (Å²) in [6, 6.07) is 12.4. The zero-order valence-corrected chi connectivity index (χ0v) is 18.5. The lowest BCUT2D eigenvalue weighted by molar-refractivity contribution is -0.134. The molecule has 0 bridgehead atoms. The van der Waals surface area contributed by atoms with Gasteiger partial charge in [0.15, 0.2) is 11.5 Å². The zero-order valence-electron chi connectivity index (χ0n) is 17.6. The first-order chi connectivity index (χ1) is 14.3. The van der Waals surface area contributed by atoms with Gasteiger partial charge in [0.2, 0.25) is 0 Å². The molecule has 0 atom stereocenters. The number of hydrogen-bond acceptors (Lipinski definition) is 7. The van der Waals surface area contributed by atoms with Crippen LogP contribution in [-0.2, 0) is 21.3 Å². The molecular formula is C22H29NO6S. The van der Waals surface area contributed by atoms with Crippen LogP contribution in [0.4, 0.5) is 5.69 Å². The van der Waals surface area contributed by atoms with Crippen molar-refractivity contribution < 1.29 is 26.9 Å². The molecule has 8 heteroatoms. The Morgan fingerprint density at radius 2 is 1.80 bits per heavy atom. The molecule has 0 spiro atoms. The van der Waals surface area contributed by atoms with Crippen molar-refractivity contribution in [1.82, 2.24) is 0 Å². The standard InChI is InChI=1S/C22H29NO6S/c1-4-5-11-21(24)28-22-19(9-6-10-20(22)27-2)23-16-7-8-17-12-14-18(15-13-17)29-30(3,25)26/h6,9-10,12-15,23H,4-5,7-8,11,16H2,1-3H3. The van der Waals surface area contributed by atoms with Gasteiger partial charge in [0.25, 0.3) is 0 Å². The number of anilines is 1. The Labute approximate surface area is 178 Å². The number of carbonyl (C=O) groups excluding carboxylic acids is 1. The van der Waals surface area contributed by atoms with Gasteiger partial charge in [0.1, 0.15) is 5.75 Å². The number of methoxy groups -OCH3 is 1. The first-order valence-electron chi connectivity index (χ1n) is 9.92. The topological polar surface area (TPSA) is 90.9 Å². The fourth-order valence-electron chi connectivity index (χ4n) is 2.81. The van der Waals surface area contributed by atoms with Gasteiger partial charge in [-0.15, -0.1) is 0 Å². The Bertz CT molecular complexity index is 925. The summed E-state index contributed by atoms with van der Waals surface area (Å²) in [6.07, 6.45) is 4.71. The molecule has 0 radical (unpaired) electrons. The van der Waals surface area contributed by atoms with Gasteiger partial charge in [-0.1, -0.05) is 31.5 Å². The molecule has 0 heterocycles. The Morgan fingerprint density at radius 3 is 2.43 bits per heavy atom. The number of hydrogen-bond donors (Lipinski definition) is 1. The van der Waals surface area contributed by atoms with E-state index in [1.54, 1.807) is 25.3 Å². The summed E-state index contributed by atoms with van der Waals surface area (Å²) < 4.78 is 38.0. The van der Waals surface area contributed by atoms with Crippen molar-refractivity contribution in [2.45, 2.75) is 39.0 Å². The second-order valence-electron chi connectivity index (χ2n) is 6.88. The van der Waals surface area contributed by atoms with Crippen LogP contribution < -0.4 is 19.0 Å². The summed E-state index contributed by atoms with van der Waals surface area (Å²) in [5.41, 5.74) is 1.77. The second kappa shape index (κ2) is 11.4. The normalized spacial score (nSPS) is 11.0. The molecular weight excluding hydrogens is 406 g/mol. The van der Waals surface area contributed by atoms with Gasteiger partial charge < -0.3 is 19.0 Å². The molecule has 0 aliphatic carbocycles. The van der Waals surface area contributed by atoms with Crippen molar-refractivity contribution in [2.24, 2.45) is 0 Å². The minimum Gasteiger partial charge on any atom is -0.493 e. The van der Waals surface area contributed by atoms with Gasteiger partial charge in [-0.25, -0.2) is 0 Å². The number of carbonyl (C=O) groups is 1. The molecule has 0 fully saturated rings. The Morgan fingerprint density at radius 1 is 1.07 bits per heavy atom. The Kier molecular flexibility index (Phi) is 8.98. The van der Waals surface area contributed by atoms with Crippen molar-refractivity contribution >= 4 is 21.8 Å². The van der Waals surface area contributed by atoms with Crippen LogP contribution in [0, 0.1) is 0 Å². The molecule has 2 rings (SSSR count). The summed E-state index contributed by atoms with van der Waals surface area (Å²) in [4.78, 5) is 12.1. The maximum absolute atomic E-state index is 12.1. The lowest BCUT2D eigenvalue weighted by Gasteiger charge is -2.15. The quantitative estimate of drug-likeness (QED) is 0.231. The molecule has 164 valence electrons. The summed E-state index contributed by atoms with van der Waals surface area (Å²) >= 11 is 0. The number of unbranched alkanes of at least 4 members (excludes halogenated alkanes) is 1. The van der Waals surface area contributed by atoms with E-state index in [9.17, 15) is 13.2 Å². The summed E-state index contributed by atoms with van der Waals surface area (Å²) in [5, 5.41) is 3.30. The predicted molar refractivity (Wildman–Crippen MR) is 117 cm³/mol. The molecule has 1 N–H and O–H groups in total. The van der Waals surface area contributed by atoms with E-state index >= 15 is 0 Å². The van der Waals surface area contributed by atoms with E-state index in [-0.39, 0.29) is 5.97 Å². The van der Waals surface area contributed by atoms with Gasteiger partial charge in [0.05, 0.1) is 19.1 Å². The second-order valence-corrected chi connectivity index (χ2v) is 8.45. The smallest absolute Gasteiger partial charge is 0.311 e. The van der Waals surface area contributed by atoms with Crippen molar-refractivity contribution in [2.75, 3.05) is 25.2 Å². The SMILES string of the molecule is CCCCC(=O)Oc1c(NCCCc2ccc(OS(C)(=O)=O)cc2)cccc1OC. The monoisotopic (exact) mass is 435 g/mol. The van der Waals surface area contributed by atoms with Gasteiger partial charge in [0, 0.05) is 13.0 Å². The van der Waals surface area contributed by atoms with Gasteiger partial charge in [-0.2, -0.15) is 8.42 Å². The number of aryl methyl sites for hydroxylation is 1. The third-order valence-corrected chi connectivity index (χ3v) is 4.77. The third-order valence-electron chi connectivity index (χ3n) is 4.28. The van der Waals surface area contributed by atoms with Crippen molar-refractivity contribution in [1.29, 1.82) is 0 Å². The van der Waals surface area contributed by atoms with Crippen LogP contribution >= 0.6 is 0 Å². The molecule has 0 unspecified atom stereocenters. The number of esters is 1. The summed E-state index contributed by atoms with van der Waals surface area (Å²) in [6.45, 7) is 2.68. The largest absolute Gasteiger partial charge is 0.493 e. The highest BCUT2D eigenvalue weighted by atomic mass is 32.2. The zero-order chi connectivity index (χ0) is 22.0. The van der Waals surface area contributed by atoms with Crippen molar-refractivity contribution in [3.8, 4) is 17.2 Å². The van der Waals surface area contributed by atoms with Gasteiger partial charge >= 0.3 is 16.1 Å². The van der Waals surface area contributed by atoms with Gasteiger partial charge in [-0.05, 0) is 49.1 Å². The fourth-order valence-corrected chi connectivity index (χ4v) is 3.27. The highest BCUT2D eigenvalue weighted by molar-refractivity contribution is 7.86. The van der Waals surface area contributed by atoms with E-state index in [4.69, 9.17) is 13.7 Å². The molecule has 0 saturated carbocycles. The molecule has 0 saturated heterocycles. The fraction of sp³-hybridized carbons (Fsp3) is 0.409. The number of para-hydroxylation sites is 1. The van der Waals surface area contributed by atoms with E-state index in [1.807, 2.05) is 31.2 Å². The first kappa shape index (κ1) is 23.5. The van der Waals surface area contributed by atoms with Crippen LogP contribution in [0.25, 0.3) is 0 Å². The number of benzene rings is 2. The molecule has 2 aromatic rings. The van der Waals surface area contributed by atoms with E-state index in [1.165, 1.54) is 0 Å². The van der Waals surface area contributed by atoms with Crippen LogP contribution in [0.2, 0.25) is 0 Å². The Balaban J connectivity index is 1.92. The van der Waals surface area contributed by atoms with Crippen LogP contribution in [0.1, 0.15) is 38.2 Å². The van der Waals surface area contributed by atoms with Crippen LogP contribution in [0.3, 0.4) is 0 Å². The predicted octanol–water partition coefficient (Wildman–Crippen LogP) is 4.17. The summed E-state index contributed by atoms with van der Waals surface area (Å²) in [5.74, 6) is 0.931. The maximum Gasteiger partial charge on any atom is 0.311 e. The van der Waals surface area contributed by atoms with Crippen molar-refractivity contribution in [3.05, 3.63) is 48.0 Å². The molecule has 2 aromatic carbocycles. The molecule has 0 aliphatic heterocycles. The highest BCUT2D eigenvalue weighted by Crippen LogP contribution is 2.35. The van der Waals surface area contributed by atoms with E-state index < -0.39 is 10.1 Å². The Hall–Kier alpha value is -2.74. The number of rotatable bonds is 12. The molecule has 30 heavy (non-hydrogen) atoms. The molecule has 7 nitrogen and oxygen atoms in total. The number of ether oxygens (including phenoxy) is 2.